The van der Waals surface area contributed by atoms with Crippen molar-refractivity contribution in [3.8, 4) is 0 Å². The Hall–Kier alpha value is -1.90. The highest BCUT2D eigenvalue weighted by molar-refractivity contribution is 5.86. The predicted molar refractivity (Wildman–Crippen MR) is 105 cm³/mol. The average Bonchev–Trinajstić information content (AvgIpc) is 2.62. The first kappa shape index (κ1) is 19.4. The zero-order chi connectivity index (χ0) is 18.6. The van der Waals surface area contributed by atoms with Gasteiger partial charge >= 0.3 is 0 Å². The van der Waals surface area contributed by atoms with Gasteiger partial charge in [-0.3, -0.25) is 0 Å². The number of nitrogens with zero attached hydrogens (tertiary/aromatic N) is 2. The summed E-state index contributed by atoms with van der Waals surface area (Å²) in [5.41, 5.74) is 4.24. The van der Waals surface area contributed by atoms with Crippen molar-refractivity contribution >= 4 is 5.84 Å². The highest BCUT2D eigenvalue weighted by Crippen LogP contribution is 2.32. The minimum atomic E-state index is -0.145. The van der Waals surface area contributed by atoms with Crippen molar-refractivity contribution in [3.05, 3.63) is 58.7 Å². The van der Waals surface area contributed by atoms with E-state index in [-0.39, 0.29) is 11.9 Å². The number of rotatable bonds is 6. The lowest BCUT2D eigenvalue weighted by Crippen LogP contribution is -2.34. The van der Waals surface area contributed by atoms with Crippen LogP contribution in [0.1, 0.15) is 71.0 Å². The van der Waals surface area contributed by atoms with Crippen LogP contribution in [0.5, 0.6) is 0 Å². The van der Waals surface area contributed by atoms with Gasteiger partial charge in [-0.25, -0.2) is 9.38 Å². The summed E-state index contributed by atoms with van der Waals surface area (Å²) in [5, 5.41) is 0. The maximum absolute atomic E-state index is 14.1. The van der Waals surface area contributed by atoms with Crippen LogP contribution in [0.25, 0.3) is 0 Å². The molecule has 25 heavy (non-hydrogen) atoms. The summed E-state index contributed by atoms with van der Waals surface area (Å²) < 4.78 is 14.1. The van der Waals surface area contributed by atoms with Gasteiger partial charge in [0.2, 0.25) is 0 Å². The second-order valence-electron chi connectivity index (χ2n) is 7.15. The molecule has 0 radical (unpaired) electrons. The van der Waals surface area contributed by atoms with Gasteiger partial charge in [0.25, 0.3) is 0 Å². The fourth-order valence-corrected chi connectivity index (χ4v) is 3.31. The Morgan fingerprint density at radius 1 is 1.24 bits per heavy atom. The topological polar surface area (TPSA) is 15.6 Å². The third-order valence-corrected chi connectivity index (χ3v) is 5.16. The van der Waals surface area contributed by atoms with Gasteiger partial charge in [-0.2, -0.15) is 0 Å². The van der Waals surface area contributed by atoms with Crippen molar-refractivity contribution in [2.45, 2.75) is 66.8 Å². The van der Waals surface area contributed by atoms with E-state index >= 15 is 0 Å². The molecule has 3 heteroatoms. The Labute approximate surface area is 152 Å². The summed E-state index contributed by atoms with van der Waals surface area (Å²) in [6.07, 6.45) is 7.08. The number of amidine groups is 1. The Morgan fingerprint density at radius 2 is 1.96 bits per heavy atom. The second kappa shape index (κ2) is 8.46. The lowest BCUT2D eigenvalue weighted by Gasteiger charge is -2.36. The molecule has 1 aromatic carbocycles. The predicted octanol–water partition coefficient (Wildman–Crippen LogP) is 6.54. The molecule has 0 aromatic heterocycles. The van der Waals surface area contributed by atoms with Crippen LogP contribution in [-0.4, -0.2) is 10.7 Å². The molecule has 0 bridgehead atoms. The summed E-state index contributed by atoms with van der Waals surface area (Å²) in [7, 11) is 0. The number of halogens is 1. The van der Waals surface area contributed by atoms with Gasteiger partial charge in [0.05, 0.1) is 6.04 Å². The number of hydrogen-bond acceptors (Lipinski definition) is 2. The summed E-state index contributed by atoms with van der Waals surface area (Å²) in [4.78, 5) is 6.86. The summed E-state index contributed by atoms with van der Waals surface area (Å²) in [6, 6.07) is 5.59. The number of aryl methyl sites for hydroxylation is 1. The van der Waals surface area contributed by atoms with Gasteiger partial charge < -0.3 is 4.90 Å². The van der Waals surface area contributed by atoms with E-state index in [4.69, 9.17) is 0 Å². The Morgan fingerprint density at radius 3 is 2.56 bits per heavy atom. The Balaban J connectivity index is 2.43. The molecule has 136 valence electrons. The third-order valence-electron chi connectivity index (χ3n) is 5.16. The van der Waals surface area contributed by atoms with Gasteiger partial charge in [0, 0.05) is 18.3 Å². The first-order valence-corrected chi connectivity index (χ1v) is 9.37. The van der Waals surface area contributed by atoms with Crippen LogP contribution in [0.4, 0.5) is 4.39 Å². The average molecular weight is 343 g/mol. The maximum atomic E-state index is 14.1. The van der Waals surface area contributed by atoms with E-state index in [1.807, 2.05) is 18.3 Å². The molecule has 0 saturated heterocycles. The van der Waals surface area contributed by atoms with Gasteiger partial charge in [-0.15, -0.1) is 0 Å². The molecule has 0 amide bonds. The molecule has 1 aromatic rings. The van der Waals surface area contributed by atoms with Crippen LogP contribution in [0.3, 0.4) is 0 Å². The van der Waals surface area contributed by atoms with E-state index in [1.165, 1.54) is 17.7 Å². The normalized spacial score (nSPS) is 18.8. The van der Waals surface area contributed by atoms with E-state index in [1.54, 1.807) is 13.0 Å². The smallest absolute Gasteiger partial charge is 0.126 e. The number of aliphatic imine (C=N–C) groups is 1. The highest BCUT2D eigenvalue weighted by atomic mass is 19.1. The van der Waals surface area contributed by atoms with Crippen molar-refractivity contribution in [2.24, 2.45) is 10.9 Å². The Bertz CT molecular complexity index is 700. The van der Waals surface area contributed by atoms with Crippen LogP contribution in [0.15, 0.2) is 46.7 Å². The first-order chi connectivity index (χ1) is 11.9. The minimum Gasteiger partial charge on any atom is -0.323 e. The molecule has 2 rings (SSSR count). The molecular formula is C22H31FN2. The molecule has 1 aliphatic heterocycles. The van der Waals surface area contributed by atoms with E-state index < -0.39 is 0 Å². The third kappa shape index (κ3) is 4.39. The Kier molecular flexibility index (Phi) is 6.57. The molecule has 0 aliphatic carbocycles. The van der Waals surface area contributed by atoms with Gasteiger partial charge in [-0.1, -0.05) is 39.3 Å². The molecule has 0 N–H and O–H groups in total. The molecule has 0 fully saturated rings. The maximum Gasteiger partial charge on any atom is 0.126 e. The standard InChI is InChI=1S/C22H31FN2/c1-7-15(3)13-17(5)21-11-12-24-22(8-2)25(21)18(6)19-10-9-16(4)20(23)14-19/h9-12,14-15,18H,7-8,13H2,1-6H3/b21-17+. The van der Waals surface area contributed by atoms with Crippen LogP contribution >= 0.6 is 0 Å². The summed E-state index contributed by atoms with van der Waals surface area (Å²) >= 11 is 0. The van der Waals surface area contributed by atoms with Crippen molar-refractivity contribution in [1.29, 1.82) is 0 Å². The SMILES string of the molecule is CCC1=NC=C/C(=C(/C)CC(C)CC)N1C(C)c1ccc(C)c(F)c1. The molecule has 0 saturated carbocycles. The first-order valence-electron chi connectivity index (χ1n) is 9.37. The summed E-state index contributed by atoms with van der Waals surface area (Å²) in [6.45, 7) is 12.8. The van der Waals surface area contributed by atoms with Crippen LogP contribution < -0.4 is 0 Å². The fraction of sp³-hybridized carbons (Fsp3) is 0.500. The lowest BCUT2D eigenvalue weighted by molar-refractivity contribution is 0.400. The molecule has 2 nitrogen and oxygen atoms in total. The van der Waals surface area contributed by atoms with Crippen molar-refractivity contribution in [2.75, 3.05) is 0 Å². The van der Waals surface area contributed by atoms with Gasteiger partial charge in [-0.05, 0) is 62.0 Å². The quantitative estimate of drug-likeness (QED) is 0.573. The highest BCUT2D eigenvalue weighted by Gasteiger charge is 2.25. The van der Waals surface area contributed by atoms with Gasteiger partial charge in [0.15, 0.2) is 0 Å². The zero-order valence-electron chi connectivity index (χ0n) is 16.4. The molecule has 0 spiro atoms. The second-order valence-corrected chi connectivity index (χ2v) is 7.15. The molecule has 2 atom stereocenters. The molecular weight excluding hydrogens is 311 g/mol. The van der Waals surface area contributed by atoms with Gasteiger partial charge in [0.1, 0.15) is 11.7 Å². The lowest BCUT2D eigenvalue weighted by atomic mass is 9.96. The minimum absolute atomic E-state index is 0.0423. The van der Waals surface area contributed by atoms with E-state index in [2.05, 4.69) is 50.6 Å². The number of allylic oxidation sites excluding steroid dienone is 2. The molecule has 1 aliphatic rings. The van der Waals surface area contributed by atoms with E-state index in [9.17, 15) is 4.39 Å². The van der Waals surface area contributed by atoms with Crippen LogP contribution in [-0.2, 0) is 0 Å². The largest absolute Gasteiger partial charge is 0.323 e. The van der Waals surface area contributed by atoms with Crippen molar-refractivity contribution < 1.29 is 4.39 Å². The zero-order valence-corrected chi connectivity index (χ0v) is 16.4. The number of hydrogen-bond donors (Lipinski definition) is 0. The number of benzene rings is 1. The fourth-order valence-electron chi connectivity index (χ4n) is 3.31. The van der Waals surface area contributed by atoms with Crippen LogP contribution in [0, 0.1) is 18.7 Å². The van der Waals surface area contributed by atoms with E-state index in [0.717, 1.165) is 24.2 Å². The van der Waals surface area contributed by atoms with Crippen molar-refractivity contribution in [3.63, 3.8) is 0 Å². The molecule has 2 unspecified atom stereocenters. The monoisotopic (exact) mass is 342 g/mol. The van der Waals surface area contributed by atoms with Crippen molar-refractivity contribution in [1.82, 2.24) is 4.90 Å². The molecule has 1 heterocycles. The van der Waals surface area contributed by atoms with E-state index in [0.29, 0.717) is 11.5 Å². The van der Waals surface area contributed by atoms with Crippen LogP contribution in [0.2, 0.25) is 0 Å². The summed E-state index contributed by atoms with van der Waals surface area (Å²) in [5.74, 6) is 1.54.